The van der Waals surface area contributed by atoms with Gasteiger partial charge in [0, 0.05) is 18.6 Å². The zero-order valence-corrected chi connectivity index (χ0v) is 23.8. The predicted octanol–water partition coefficient (Wildman–Crippen LogP) is 4.42. The molecule has 0 aliphatic heterocycles. The summed E-state index contributed by atoms with van der Waals surface area (Å²) in [7, 11) is 0. The van der Waals surface area contributed by atoms with Crippen LogP contribution >= 0.6 is 0 Å². The minimum atomic E-state index is -0.957. The zero-order chi connectivity index (χ0) is 30.9. The molecule has 0 unspecified atom stereocenters. The Kier molecular flexibility index (Phi) is 10.2. The Morgan fingerprint density at radius 1 is 0.721 bits per heavy atom. The van der Waals surface area contributed by atoms with E-state index in [1.165, 1.54) is 24.3 Å². The van der Waals surface area contributed by atoms with Crippen molar-refractivity contribution in [3.63, 3.8) is 0 Å². The summed E-state index contributed by atoms with van der Waals surface area (Å²) in [4.78, 5) is 62.3. The maximum absolute atomic E-state index is 12.9. The van der Waals surface area contributed by atoms with Crippen LogP contribution in [0.3, 0.4) is 0 Å². The molecule has 2 aromatic heterocycles. The third kappa shape index (κ3) is 7.39. The predicted molar refractivity (Wildman–Crippen MR) is 153 cm³/mol. The van der Waals surface area contributed by atoms with E-state index in [0.29, 0.717) is 6.42 Å². The minimum Gasteiger partial charge on any atom is -0.489 e. The van der Waals surface area contributed by atoms with E-state index in [-0.39, 0.29) is 77.8 Å². The molecule has 4 rings (SSSR count). The van der Waals surface area contributed by atoms with Crippen LogP contribution in [-0.2, 0) is 19.0 Å². The van der Waals surface area contributed by atoms with Gasteiger partial charge in [-0.3, -0.25) is 14.4 Å². The fourth-order valence-electron chi connectivity index (χ4n) is 4.13. The topological polar surface area (TPSA) is 158 Å². The molecule has 0 saturated carbocycles. The van der Waals surface area contributed by atoms with Gasteiger partial charge >= 0.3 is 17.9 Å². The van der Waals surface area contributed by atoms with E-state index in [4.69, 9.17) is 32.5 Å². The first kappa shape index (κ1) is 30.8. The second kappa shape index (κ2) is 14.2. The number of rotatable bonds is 13. The van der Waals surface area contributed by atoms with Crippen molar-refractivity contribution in [3.05, 3.63) is 80.5 Å². The molecule has 0 saturated heterocycles. The van der Waals surface area contributed by atoms with Crippen molar-refractivity contribution in [2.75, 3.05) is 26.4 Å². The molecule has 2 heterocycles. The molecule has 0 radical (unpaired) electrons. The molecule has 0 amide bonds. The molecule has 12 nitrogen and oxygen atoms in total. The van der Waals surface area contributed by atoms with Gasteiger partial charge in [0.1, 0.15) is 46.7 Å². The zero-order valence-electron chi connectivity index (χ0n) is 23.8. The Labute approximate surface area is 245 Å². The van der Waals surface area contributed by atoms with Crippen LogP contribution in [0.5, 0.6) is 11.5 Å². The first-order valence-corrected chi connectivity index (χ1v) is 13.7. The lowest BCUT2D eigenvalue weighted by atomic mass is 10.2. The van der Waals surface area contributed by atoms with Gasteiger partial charge in [0.15, 0.2) is 17.0 Å². The third-order valence-electron chi connectivity index (χ3n) is 5.99. The standard InChI is InChI=1S/C31H30O12/c1-4-9-27(34)41-18(16-39-21-10-7-12-23-28(21)19(32)14-25(42-23)30(35)37-5-2)17-40-22-11-8-13-24-29(22)20(33)15-26(43-24)31(36)38-6-3/h7-8,10-15,18H,4-6,9,16-17H2,1-3H3. The molecule has 0 bridgehead atoms. The summed E-state index contributed by atoms with van der Waals surface area (Å²) in [6, 6.07) is 11.3. The van der Waals surface area contributed by atoms with Gasteiger partial charge in [0.25, 0.3) is 0 Å². The van der Waals surface area contributed by atoms with Crippen molar-refractivity contribution in [1.82, 2.24) is 0 Å². The van der Waals surface area contributed by atoms with Crippen molar-refractivity contribution in [2.24, 2.45) is 0 Å². The van der Waals surface area contributed by atoms with Gasteiger partial charge in [-0.1, -0.05) is 19.1 Å². The first-order chi connectivity index (χ1) is 20.7. The van der Waals surface area contributed by atoms with E-state index in [2.05, 4.69) is 0 Å². The van der Waals surface area contributed by atoms with Crippen LogP contribution in [0.25, 0.3) is 21.9 Å². The molecular formula is C31H30O12. The van der Waals surface area contributed by atoms with Crippen LogP contribution < -0.4 is 20.3 Å². The van der Waals surface area contributed by atoms with Gasteiger partial charge in [-0.2, -0.15) is 0 Å². The Morgan fingerprint density at radius 3 is 1.60 bits per heavy atom. The number of hydrogen-bond donors (Lipinski definition) is 0. The van der Waals surface area contributed by atoms with Gasteiger partial charge < -0.3 is 32.5 Å². The number of carbonyl (C=O) groups is 3. The first-order valence-electron chi connectivity index (χ1n) is 13.7. The van der Waals surface area contributed by atoms with Crippen LogP contribution in [0.15, 0.2) is 67.0 Å². The summed E-state index contributed by atoms with van der Waals surface area (Å²) in [5, 5.41) is 0.165. The van der Waals surface area contributed by atoms with Crippen molar-refractivity contribution in [2.45, 2.75) is 39.7 Å². The summed E-state index contributed by atoms with van der Waals surface area (Å²) in [5.74, 6) is -2.26. The van der Waals surface area contributed by atoms with Gasteiger partial charge in [-0.15, -0.1) is 0 Å². The second-order valence-electron chi connectivity index (χ2n) is 9.13. The van der Waals surface area contributed by atoms with Gasteiger partial charge in [-0.25, -0.2) is 9.59 Å². The molecule has 4 aromatic rings. The monoisotopic (exact) mass is 594 g/mol. The fraction of sp³-hybridized carbons (Fsp3) is 0.323. The van der Waals surface area contributed by atoms with Crippen molar-refractivity contribution in [3.8, 4) is 11.5 Å². The average molecular weight is 595 g/mol. The highest BCUT2D eigenvalue weighted by Gasteiger charge is 2.21. The summed E-state index contributed by atoms with van der Waals surface area (Å²) in [5.41, 5.74) is -0.845. The lowest BCUT2D eigenvalue weighted by Gasteiger charge is -2.20. The third-order valence-corrected chi connectivity index (χ3v) is 5.99. The molecule has 0 N–H and O–H groups in total. The number of benzene rings is 2. The molecule has 0 spiro atoms. The van der Waals surface area contributed by atoms with Gasteiger partial charge in [0.2, 0.25) is 11.5 Å². The molecule has 0 atom stereocenters. The van der Waals surface area contributed by atoms with E-state index >= 15 is 0 Å². The minimum absolute atomic E-state index is 0.0826. The molecule has 12 heteroatoms. The van der Waals surface area contributed by atoms with Crippen LogP contribution in [-0.4, -0.2) is 50.4 Å². The van der Waals surface area contributed by atoms with Crippen molar-refractivity contribution < 1.29 is 46.9 Å². The molecule has 43 heavy (non-hydrogen) atoms. The van der Waals surface area contributed by atoms with E-state index in [1.54, 1.807) is 26.0 Å². The SMILES string of the molecule is CCCC(=O)OC(COc1cccc2oc(C(=O)OCC)cc(=O)c12)COc1cccc2oc(C(=O)OCC)cc(=O)c12. The normalized spacial score (nSPS) is 11.0. The lowest BCUT2D eigenvalue weighted by molar-refractivity contribution is -0.152. The molecule has 226 valence electrons. The molecule has 0 fully saturated rings. The van der Waals surface area contributed by atoms with E-state index in [9.17, 15) is 24.0 Å². The maximum atomic E-state index is 12.9. The number of fused-ring (bicyclic) bond motifs is 2. The second-order valence-corrected chi connectivity index (χ2v) is 9.13. The molecule has 2 aromatic carbocycles. The van der Waals surface area contributed by atoms with Crippen LogP contribution in [0.1, 0.15) is 54.7 Å². The summed E-state index contributed by atoms with van der Waals surface area (Å²) < 4.78 is 38.3. The Balaban J connectivity index is 1.57. The lowest BCUT2D eigenvalue weighted by Crippen LogP contribution is -2.31. The van der Waals surface area contributed by atoms with Crippen LogP contribution in [0.2, 0.25) is 0 Å². The van der Waals surface area contributed by atoms with Gasteiger partial charge in [-0.05, 0) is 44.5 Å². The largest absolute Gasteiger partial charge is 0.489 e. The Hall–Kier alpha value is -5.13. The average Bonchev–Trinajstić information content (AvgIpc) is 2.98. The van der Waals surface area contributed by atoms with Crippen LogP contribution in [0, 0.1) is 0 Å². The van der Waals surface area contributed by atoms with Crippen molar-refractivity contribution >= 4 is 39.8 Å². The molecular weight excluding hydrogens is 564 g/mol. The quantitative estimate of drug-likeness (QED) is 0.159. The van der Waals surface area contributed by atoms with E-state index < -0.39 is 34.9 Å². The highest BCUT2D eigenvalue weighted by Crippen LogP contribution is 2.26. The van der Waals surface area contributed by atoms with Crippen LogP contribution in [0.4, 0.5) is 0 Å². The van der Waals surface area contributed by atoms with Gasteiger partial charge in [0.05, 0.1) is 13.2 Å². The number of carbonyl (C=O) groups excluding carboxylic acids is 3. The highest BCUT2D eigenvalue weighted by molar-refractivity contribution is 5.91. The fourth-order valence-corrected chi connectivity index (χ4v) is 4.13. The van der Waals surface area contributed by atoms with E-state index in [0.717, 1.165) is 12.1 Å². The number of hydrogen-bond acceptors (Lipinski definition) is 12. The highest BCUT2D eigenvalue weighted by atomic mass is 16.6. The maximum Gasteiger partial charge on any atom is 0.374 e. The Morgan fingerprint density at radius 2 is 1.19 bits per heavy atom. The van der Waals surface area contributed by atoms with E-state index in [1.807, 2.05) is 6.92 Å². The summed E-state index contributed by atoms with van der Waals surface area (Å²) in [6.45, 7) is 4.87. The number of ether oxygens (including phenoxy) is 5. The summed E-state index contributed by atoms with van der Waals surface area (Å²) in [6.07, 6.45) is -0.256. The summed E-state index contributed by atoms with van der Waals surface area (Å²) >= 11 is 0. The Bertz CT molecular complexity index is 1630. The van der Waals surface area contributed by atoms with Crippen molar-refractivity contribution in [1.29, 1.82) is 0 Å². The molecule has 0 aliphatic rings. The smallest absolute Gasteiger partial charge is 0.374 e. The number of esters is 3. The molecule has 0 aliphatic carbocycles.